The van der Waals surface area contributed by atoms with Crippen LogP contribution < -0.4 is 0 Å². The molecular weight excluding hydrogens is 217 g/mol. The van der Waals surface area contributed by atoms with Crippen LogP contribution in [0.3, 0.4) is 0 Å². The quantitative estimate of drug-likeness (QED) is 0.496. The molecule has 0 radical (unpaired) electrons. The summed E-state index contributed by atoms with van der Waals surface area (Å²) in [5.41, 5.74) is 0. The van der Waals surface area contributed by atoms with Crippen LogP contribution >= 0.6 is 7.92 Å². The van der Waals surface area contributed by atoms with Crippen LogP contribution in [-0.4, -0.2) is 18.0 Å². The first kappa shape index (κ1) is 13.0. The van der Waals surface area contributed by atoms with Gasteiger partial charge in [0.2, 0.25) is 0 Å². The maximum atomic E-state index is 11.8. The SMILES string of the molecule is CCCCP(C(F)(F)F)C(F)(F)F. The first-order valence-electron chi connectivity index (χ1n) is 3.60. The molecule has 0 aromatic rings. The Morgan fingerprint density at radius 2 is 1.31 bits per heavy atom. The van der Waals surface area contributed by atoms with Crippen LogP contribution in [0.1, 0.15) is 19.8 Å². The number of alkyl halides is 6. The number of hydrogen-bond donors (Lipinski definition) is 0. The van der Waals surface area contributed by atoms with Crippen LogP contribution in [0.5, 0.6) is 0 Å². The van der Waals surface area contributed by atoms with E-state index in [0.717, 1.165) is 0 Å². The van der Waals surface area contributed by atoms with Gasteiger partial charge in [0.15, 0.2) is 0 Å². The van der Waals surface area contributed by atoms with Crippen molar-refractivity contribution in [1.82, 2.24) is 0 Å². The van der Waals surface area contributed by atoms with Crippen molar-refractivity contribution >= 4 is 7.92 Å². The third kappa shape index (κ3) is 4.69. The molecule has 80 valence electrons. The van der Waals surface area contributed by atoms with Crippen LogP contribution in [0.15, 0.2) is 0 Å². The molecule has 0 aromatic carbocycles. The van der Waals surface area contributed by atoms with Crippen LogP contribution in [0.4, 0.5) is 26.3 Å². The van der Waals surface area contributed by atoms with Gasteiger partial charge in [-0.05, 0) is 12.6 Å². The molecule has 0 aromatic heterocycles. The highest BCUT2D eigenvalue weighted by Gasteiger charge is 2.55. The largest absolute Gasteiger partial charge is 0.413 e. The lowest BCUT2D eigenvalue weighted by Gasteiger charge is -2.22. The third-order valence-electron chi connectivity index (χ3n) is 1.35. The van der Waals surface area contributed by atoms with Crippen molar-refractivity contribution in [2.45, 2.75) is 31.6 Å². The van der Waals surface area contributed by atoms with E-state index in [1.54, 1.807) is 6.92 Å². The van der Waals surface area contributed by atoms with E-state index in [1.807, 2.05) is 0 Å². The molecule has 0 unspecified atom stereocenters. The topological polar surface area (TPSA) is 0 Å². The zero-order valence-electron chi connectivity index (χ0n) is 6.84. The van der Waals surface area contributed by atoms with Crippen molar-refractivity contribution < 1.29 is 26.3 Å². The lowest BCUT2D eigenvalue weighted by Crippen LogP contribution is -2.20. The molecule has 0 N–H and O–H groups in total. The van der Waals surface area contributed by atoms with Crippen LogP contribution in [0.2, 0.25) is 0 Å². The van der Waals surface area contributed by atoms with E-state index in [2.05, 4.69) is 0 Å². The number of rotatable bonds is 3. The van der Waals surface area contributed by atoms with Crippen molar-refractivity contribution in [3.05, 3.63) is 0 Å². The molecule has 0 aliphatic rings. The van der Waals surface area contributed by atoms with Gasteiger partial charge in [0.25, 0.3) is 0 Å². The van der Waals surface area contributed by atoms with Gasteiger partial charge >= 0.3 is 11.8 Å². The second kappa shape index (κ2) is 4.49. The molecule has 0 aliphatic heterocycles. The lowest BCUT2D eigenvalue weighted by molar-refractivity contribution is -0.0833. The number of hydrogen-bond acceptors (Lipinski definition) is 0. The molecule has 0 amide bonds. The van der Waals surface area contributed by atoms with Crippen molar-refractivity contribution in [2.75, 3.05) is 6.16 Å². The molecule has 0 atom stereocenters. The van der Waals surface area contributed by atoms with Gasteiger partial charge in [0.05, 0.1) is 0 Å². The molecule has 0 nitrogen and oxygen atoms in total. The maximum Gasteiger partial charge on any atom is 0.413 e. The minimum Gasteiger partial charge on any atom is -0.167 e. The van der Waals surface area contributed by atoms with Crippen molar-refractivity contribution in [3.63, 3.8) is 0 Å². The number of halogens is 6. The molecule has 0 rings (SSSR count). The minimum atomic E-state index is -5.11. The Morgan fingerprint density at radius 3 is 1.54 bits per heavy atom. The molecule has 0 bridgehead atoms. The van der Waals surface area contributed by atoms with Gasteiger partial charge in [0, 0.05) is 0 Å². The fourth-order valence-electron chi connectivity index (χ4n) is 0.714. The fraction of sp³-hybridized carbons (Fsp3) is 1.00. The molecule has 13 heavy (non-hydrogen) atoms. The van der Waals surface area contributed by atoms with E-state index in [0.29, 0.717) is 6.42 Å². The monoisotopic (exact) mass is 226 g/mol. The van der Waals surface area contributed by atoms with Gasteiger partial charge in [-0.2, -0.15) is 26.3 Å². The number of unbranched alkanes of at least 4 members (excludes halogenated alkanes) is 1. The summed E-state index contributed by atoms with van der Waals surface area (Å²) < 4.78 is 71.1. The van der Waals surface area contributed by atoms with Crippen molar-refractivity contribution in [1.29, 1.82) is 0 Å². The molecule has 7 heteroatoms. The summed E-state index contributed by atoms with van der Waals surface area (Å²) in [7, 11) is -3.85. The van der Waals surface area contributed by atoms with Gasteiger partial charge < -0.3 is 0 Å². The molecular formula is C6H9F6P. The molecule has 0 saturated carbocycles. The zero-order chi connectivity index (χ0) is 10.7. The summed E-state index contributed by atoms with van der Waals surface area (Å²) in [4.78, 5) is 0. The highest BCUT2D eigenvalue weighted by Crippen LogP contribution is 2.64. The lowest BCUT2D eigenvalue weighted by atomic mass is 10.4. The second-order valence-electron chi connectivity index (χ2n) is 2.44. The summed E-state index contributed by atoms with van der Waals surface area (Å²) in [6, 6.07) is 0. The van der Waals surface area contributed by atoms with Gasteiger partial charge in [-0.25, -0.2) is 0 Å². The van der Waals surface area contributed by atoms with E-state index >= 15 is 0 Å². The summed E-state index contributed by atoms with van der Waals surface area (Å²) in [6.07, 6.45) is -0.505. The van der Waals surface area contributed by atoms with Gasteiger partial charge in [-0.3, -0.25) is 0 Å². The third-order valence-corrected chi connectivity index (χ3v) is 3.34. The highest BCUT2D eigenvalue weighted by molar-refractivity contribution is 7.59. The summed E-state index contributed by atoms with van der Waals surface area (Å²) >= 11 is 0. The van der Waals surface area contributed by atoms with E-state index < -0.39 is 25.9 Å². The van der Waals surface area contributed by atoms with E-state index in [4.69, 9.17) is 0 Å². The molecule has 0 aliphatic carbocycles. The predicted octanol–water partition coefficient (Wildman–Crippen LogP) is 4.31. The first-order valence-corrected chi connectivity index (χ1v) is 5.13. The molecule has 0 fully saturated rings. The Bertz CT molecular complexity index is 134. The Kier molecular flexibility index (Phi) is 4.49. The van der Waals surface area contributed by atoms with Crippen LogP contribution in [0, 0.1) is 0 Å². The molecule has 0 heterocycles. The van der Waals surface area contributed by atoms with Gasteiger partial charge in [0.1, 0.15) is 7.92 Å². The van der Waals surface area contributed by atoms with Gasteiger partial charge in [-0.15, -0.1) is 0 Å². The van der Waals surface area contributed by atoms with Crippen molar-refractivity contribution in [2.24, 2.45) is 0 Å². The maximum absolute atomic E-state index is 11.8. The zero-order valence-corrected chi connectivity index (χ0v) is 7.73. The highest BCUT2D eigenvalue weighted by atomic mass is 31.1. The first-order chi connectivity index (χ1) is 5.69. The summed E-state index contributed by atoms with van der Waals surface area (Å²) in [5.74, 6) is -10.2. The Morgan fingerprint density at radius 1 is 0.923 bits per heavy atom. The van der Waals surface area contributed by atoms with Crippen molar-refractivity contribution in [3.8, 4) is 0 Å². The van der Waals surface area contributed by atoms with Crippen LogP contribution in [0.25, 0.3) is 0 Å². The average molecular weight is 226 g/mol. The van der Waals surface area contributed by atoms with E-state index in [9.17, 15) is 26.3 Å². The van der Waals surface area contributed by atoms with E-state index in [-0.39, 0.29) is 6.42 Å². The Hall–Kier alpha value is 0.01000. The smallest absolute Gasteiger partial charge is 0.167 e. The summed E-state index contributed by atoms with van der Waals surface area (Å²) in [6.45, 7) is 1.56. The molecule has 0 spiro atoms. The van der Waals surface area contributed by atoms with Gasteiger partial charge in [-0.1, -0.05) is 13.3 Å². The normalized spacial score (nSPS) is 13.8. The minimum absolute atomic E-state index is 0.0370. The Labute approximate surface area is 73.1 Å². The average Bonchev–Trinajstić information content (AvgIpc) is 1.81. The molecule has 0 saturated heterocycles. The second-order valence-corrected chi connectivity index (χ2v) is 4.76. The summed E-state index contributed by atoms with van der Waals surface area (Å²) in [5, 5.41) is 0. The van der Waals surface area contributed by atoms with E-state index in [1.165, 1.54) is 0 Å². The standard InChI is InChI=1S/C6H9F6P/c1-2-3-4-13(5(7,8)9)6(10,11)12/h2-4H2,1H3. The predicted molar refractivity (Wildman–Crippen MR) is 38.8 cm³/mol. The van der Waals surface area contributed by atoms with Crippen LogP contribution in [-0.2, 0) is 0 Å². The fourth-order valence-corrected chi connectivity index (χ4v) is 2.14. The Balaban J connectivity index is 4.39.